The number of carbonyl (C=O) groups excluding carboxylic acids is 1. The number of carbonyl (C=O) groups is 2. The number of methoxy groups -OCH3 is 1. The van der Waals surface area contributed by atoms with Crippen molar-refractivity contribution in [1.29, 1.82) is 0 Å². The van der Waals surface area contributed by atoms with Crippen molar-refractivity contribution in [3.63, 3.8) is 0 Å². The molecule has 1 aromatic carbocycles. The van der Waals surface area contributed by atoms with Gasteiger partial charge in [-0.05, 0) is 36.8 Å². The SMILES string of the molecule is COC(=O)C1=C(CN2CC(F)(F)CC2C(=O)O)NC(c2cc(C)ccn2)=NC1c1ccc(F)cc1Cl. The fourth-order valence-corrected chi connectivity index (χ4v) is 4.58. The number of rotatable bonds is 6. The molecule has 2 aromatic rings. The van der Waals surface area contributed by atoms with Gasteiger partial charge in [0.25, 0.3) is 5.92 Å². The number of aliphatic imine (C=N–C) groups is 1. The molecule has 0 saturated carbocycles. The first-order valence-corrected chi connectivity index (χ1v) is 11.3. The Hall–Kier alpha value is -3.44. The number of aliphatic carboxylic acids is 1. The molecular formula is C24H22ClF3N4O4. The minimum atomic E-state index is -3.22. The summed E-state index contributed by atoms with van der Waals surface area (Å²) in [6, 6.07) is 4.49. The molecule has 2 aliphatic heterocycles. The normalized spacial score (nSPS) is 21.7. The highest BCUT2D eigenvalue weighted by molar-refractivity contribution is 6.31. The number of alkyl halides is 2. The van der Waals surface area contributed by atoms with Crippen LogP contribution in [-0.2, 0) is 14.3 Å². The number of nitrogens with one attached hydrogen (secondary N) is 1. The molecule has 0 radical (unpaired) electrons. The first-order chi connectivity index (χ1) is 17.0. The lowest BCUT2D eigenvalue weighted by atomic mass is 9.94. The van der Waals surface area contributed by atoms with Crippen LogP contribution in [-0.4, -0.2) is 64.9 Å². The minimum Gasteiger partial charge on any atom is -0.480 e. The van der Waals surface area contributed by atoms with Gasteiger partial charge in [-0.2, -0.15) is 0 Å². The zero-order chi connectivity index (χ0) is 26.2. The van der Waals surface area contributed by atoms with E-state index in [1.165, 1.54) is 6.07 Å². The monoisotopic (exact) mass is 522 g/mol. The number of ether oxygens (including phenoxy) is 1. The van der Waals surface area contributed by atoms with Crippen molar-refractivity contribution in [2.75, 3.05) is 20.2 Å². The molecular weight excluding hydrogens is 501 g/mol. The maximum absolute atomic E-state index is 14.2. The summed E-state index contributed by atoms with van der Waals surface area (Å²) in [5.41, 5.74) is 1.55. The van der Waals surface area contributed by atoms with Gasteiger partial charge in [-0.15, -0.1) is 0 Å². The summed E-state index contributed by atoms with van der Waals surface area (Å²) >= 11 is 6.31. The molecule has 0 aliphatic carbocycles. The van der Waals surface area contributed by atoms with Crippen LogP contribution in [0.3, 0.4) is 0 Å². The van der Waals surface area contributed by atoms with E-state index in [-0.39, 0.29) is 34.2 Å². The Labute approximate surface area is 209 Å². The molecule has 1 saturated heterocycles. The van der Waals surface area contributed by atoms with Gasteiger partial charge in [0.1, 0.15) is 23.6 Å². The number of amidine groups is 1. The van der Waals surface area contributed by atoms with Crippen LogP contribution in [0, 0.1) is 12.7 Å². The van der Waals surface area contributed by atoms with Gasteiger partial charge in [0.05, 0.1) is 19.2 Å². The van der Waals surface area contributed by atoms with E-state index in [0.717, 1.165) is 29.7 Å². The van der Waals surface area contributed by atoms with Crippen molar-refractivity contribution < 1.29 is 32.6 Å². The standard InChI is InChI=1S/C24H22ClF3N4O4/c1-12-5-6-29-16(7-12)21-30-17(10-32-11-24(27,28)9-18(32)22(33)34)19(23(35)36-2)20(31-21)14-4-3-13(26)8-15(14)25/h3-8,18,20H,9-11H2,1-2H3,(H,30,31)(H,33,34). The summed E-state index contributed by atoms with van der Waals surface area (Å²) in [5.74, 6) is -5.87. The second-order valence-corrected chi connectivity index (χ2v) is 9.00. The lowest BCUT2D eigenvalue weighted by molar-refractivity contribution is -0.142. The number of likely N-dealkylation sites (tertiary alicyclic amines) is 1. The van der Waals surface area contributed by atoms with Crippen LogP contribution in [0.5, 0.6) is 0 Å². The number of hydrogen-bond donors (Lipinski definition) is 2. The van der Waals surface area contributed by atoms with Gasteiger partial charge < -0.3 is 15.2 Å². The minimum absolute atomic E-state index is 0.0147. The Morgan fingerprint density at radius 3 is 2.69 bits per heavy atom. The number of carboxylic acids is 1. The third-order valence-corrected chi connectivity index (χ3v) is 6.29. The molecule has 1 aromatic heterocycles. The third kappa shape index (κ3) is 5.21. The summed E-state index contributed by atoms with van der Waals surface area (Å²) in [6.07, 6.45) is 0.687. The van der Waals surface area contributed by atoms with E-state index in [0.29, 0.717) is 5.69 Å². The van der Waals surface area contributed by atoms with Gasteiger partial charge in [0.15, 0.2) is 5.84 Å². The zero-order valence-corrected chi connectivity index (χ0v) is 20.0. The van der Waals surface area contributed by atoms with E-state index >= 15 is 0 Å². The number of pyridine rings is 1. The predicted molar refractivity (Wildman–Crippen MR) is 124 cm³/mol. The smallest absolute Gasteiger partial charge is 0.338 e. The molecule has 2 N–H and O–H groups in total. The van der Waals surface area contributed by atoms with E-state index < -0.39 is 48.7 Å². The summed E-state index contributed by atoms with van der Waals surface area (Å²) in [4.78, 5) is 34.6. The fraction of sp³-hybridized carbons (Fsp3) is 0.333. The number of aryl methyl sites for hydroxylation is 1. The molecule has 12 heteroatoms. The lowest BCUT2D eigenvalue weighted by Gasteiger charge is -2.30. The topological polar surface area (TPSA) is 104 Å². The molecule has 2 aliphatic rings. The lowest BCUT2D eigenvalue weighted by Crippen LogP contribution is -2.43. The van der Waals surface area contributed by atoms with Crippen molar-refractivity contribution in [3.8, 4) is 0 Å². The molecule has 0 amide bonds. The van der Waals surface area contributed by atoms with Crippen LogP contribution in [0.1, 0.15) is 29.3 Å². The Kier molecular flexibility index (Phi) is 7.05. The van der Waals surface area contributed by atoms with Crippen LogP contribution in [0.25, 0.3) is 0 Å². The molecule has 8 nitrogen and oxygen atoms in total. The average molecular weight is 523 g/mol. The highest BCUT2D eigenvalue weighted by Gasteiger charge is 2.49. The molecule has 0 spiro atoms. The first kappa shape index (κ1) is 25.6. The summed E-state index contributed by atoms with van der Waals surface area (Å²) in [7, 11) is 1.14. The van der Waals surface area contributed by atoms with Crippen LogP contribution in [0.2, 0.25) is 5.02 Å². The maximum atomic E-state index is 14.2. The molecule has 3 heterocycles. The molecule has 36 heavy (non-hydrogen) atoms. The van der Waals surface area contributed by atoms with Crippen molar-refractivity contribution in [1.82, 2.24) is 15.2 Å². The number of carboxylic acid groups (broad SMARTS) is 1. The first-order valence-electron chi connectivity index (χ1n) is 10.9. The van der Waals surface area contributed by atoms with E-state index in [2.05, 4.69) is 15.3 Å². The second-order valence-electron chi connectivity index (χ2n) is 8.59. The van der Waals surface area contributed by atoms with Crippen molar-refractivity contribution >= 4 is 29.4 Å². The summed E-state index contributed by atoms with van der Waals surface area (Å²) in [5, 5.41) is 12.5. The number of esters is 1. The maximum Gasteiger partial charge on any atom is 0.338 e. The number of benzene rings is 1. The number of hydrogen-bond acceptors (Lipinski definition) is 7. The van der Waals surface area contributed by atoms with Gasteiger partial charge in [0.2, 0.25) is 0 Å². The summed E-state index contributed by atoms with van der Waals surface area (Å²) in [6.45, 7) is 0.668. The van der Waals surface area contributed by atoms with Gasteiger partial charge in [-0.3, -0.25) is 19.7 Å². The number of aromatic nitrogens is 1. The number of nitrogens with zero attached hydrogens (tertiary/aromatic N) is 3. The molecule has 1 fully saturated rings. The van der Waals surface area contributed by atoms with Gasteiger partial charge in [-0.1, -0.05) is 17.7 Å². The fourth-order valence-electron chi connectivity index (χ4n) is 4.31. The van der Waals surface area contributed by atoms with Gasteiger partial charge in [0, 0.05) is 35.4 Å². The van der Waals surface area contributed by atoms with E-state index in [4.69, 9.17) is 16.3 Å². The molecule has 2 unspecified atom stereocenters. The largest absolute Gasteiger partial charge is 0.480 e. The molecule has 0 bridgehead atoms. The third-order valence-electron chi connectivity index (χ3n) is 5.96. The van der Waals surface area contributed by atoms with Gasteiger partial charge in [-0.25, -0.2) is 18.0 Å². The molecule has 2 atom stereocenters. The average Bonchev–Trinajstić information content (AvgIpc) is 3.12. The molecule has 190 valence electrons. The van der Waals surface area contributed by atoms with Crippen LogP contribution < -0.4 is 5.32 Å². The highest BCUT2D eigenvalue weighted by atomic mass is 35.5. The molecule has 4 rings (SSSR count). The highest BCUT2D eigenvalue weighted by Crippen LogP contribution is 2.38. The summed E-state index contributed by atoms with van der Waals surface area (Å²) < 4.78 is 47.1. The van der Waals surface area contributed by atoms with Crippen molar-refractivity contribution in [2.24, 2.45) is 4.99 Å². The van der Waals surface area contributed by atoms with E-state index in [1.807, 2.05) is 6.92 Å². The van der Waals surface area contributed by atoms with Crippen LogP contribution >= 0.6 is 11.6 Å². The second kappa shape index (κ2) is 9.90. The Balaban J connectivity index is 1.86. The van der Waals surface area contributed by atoms with E-state index in [1.54, 1.807) is 18.3 Å². The number of halogens is 4. The van der Waals surface area contributed by atoms with E-state index in [9.17, 15) is 27.9 Å². The van der Waals surface area contributed by atoms with Crippen molar-refractivity contribution in [2.45, 2.75) is 31.4 Å². The van der Waals surface area contributed by atoms with Crippen molar-refractivity contribution in [3.05, 3.63) is 75.5 Å². The van der Waals surface area contributed by atoms with Gasteiger partial charge >= 0.3 is 11.9 Å². The van der Waals surface area contributed by atoms with Crippen LogP contribution in [0.15, 0.2) is 52.8 Å². The quantitative estimate of drug-likeness (QED) is 0.560. The Morgan fingerprint density at radius 2 is 2.06 bits per heavy atom. The zero-order valence-electron chi connectivity index (χ0n) is 19.3. The Morgan fingerprint density at radius 1 is 1.31 bits per heavy atom. The Bertz CT molecular complexity index is 1280. The van der Waals surface area contributed by atoms with Crippen LogP contribution in [0.4, 0.5) is 13.2 Å². The predicted octanol–water partition coefficient (Wildman–Crippen LogP) is 3.49.